The number of hydrogen-bond donors (Lipinski definition) is 0. The molecule has 0 spiro atoms. The van der Waals surface area contributed by atoms with Gasteiger partial charge in [-0.3, -0.25) is 0 Å². The molecule has 5 heteroatoms. The molecule has 1 aliphatic heterocycles. The van der Waals surface area contributed by atoms with E-state index in [0.29, 0.717) is 22.0 Å². The first-order valence-electron chi connectivity index (χ1n) is 6.94. The van der Waals surface area contributed by atoms with E-state index < -0.39 is 5.79 Å². The number of unbranched alkanes of at least 4 members (excludes halogenated alkanes) is 2. The van der Waals surface area contributed by atoms with Gasteiger partial charge in [-0.05, 0) is 18.6 Å². The number of hydrogen-bond acceptors (Lipinski definition) is 2. The summed E-state index contributed by atoms with van der Waals surface area (Å²) in [5, 5.41) is 1.73. The Labute approximate surface area is 138 Å². The number of ether oxygens (including phenoxy) is 2. The van der Waals surface area contributed by atoms with Gasteiger partial charge in [0.15, 0.2) is 0 Å². The van der Waals surface area contributed by atoms with Gasteiger partial charge in [-0.1, -0.05) is 71.4 Å². The quantitative estimate of drug-likeness (QED) is 0.475. The molecule has 20 heavy (non-hydrogen) atoms. The van der Waals surface area contributed by atoms with Gasteiger partial charge in [0.1, 0.15) is 0 Å². The van der Waals surface area contributed by atoms with Gasteiger partial charge < -0.3 is 9.47 Å². The second-order valence-electron chi connectivity index (χ2n) is 5.06. The van der Waals surface area contributed by atoms with Crippen LogP contribution in [0.25, 0.3) is 0 Å². The molecule has 1 heterocycles. The van der Waals surface area contributed by atoms with E-state index in [1.54, 1.807) is 6.07 Å². The zero-order valence-corrected chi connectivity index (χ0v) is 14.6. The average molecular weight is 382 g/mol. The monoisotopic (exact) mass is 380 g/mol. The van der Waals surface area contributed by atoms with E-state index in [9.17, 15) is 0 Å². The molecule has 1 aromatic rings. The highest BCUT2D eigenvalue weighted by atomic mass is 79.9. The Balaban J connectivity index is 2.11. The summed E-state index contributed by atoms with van der Waals surface area (Å²) in [7, 11) is 0. The van der Waals surface area contributed by atoms with Gasteiger partial charge in [0.2, 0.25) is 5.79 Å². The van der Waals surface area contributed by atoms with Gasteiger partial charge >= 0.3 is 0 Å². The highest BCUT2D eigenvalue weighted by molar-refractivity contribution is 9.09. The highest BCUT2D eigenvalue weighted by Gasteiger charge is 2.43. The van der Waals surface area contributed by atoms with Crippen molar-refractivity contribution in [3.63, 3.8) is 0 Å². The predicted molar refractivity (Wildman–Crippen MR) is 86.9 cm³/mol. The summed E-state index contributed by atoms with van der Waals surface area (Å²) < 4.78 is 12.1. The number of halogens is 3. The minimum atomic E-state index is -0.793. The molecule has 0 saturated carbocycles. The fourth-order valence-corrected chi connectivity index (χ4v) is 3.56. The molecule has 0 bridgehead atoms. The van der Waals surface area contributed by atoms with Crippen molar-refractivity contribution in [3.8, 4) is 0 Å². The maximum absolute atomic E-state index is 6.29. The minimum absolute atomic E-state index is 0.130. The highest BCUT2D eigenvalue weighted by Crippen LogP contribution is 2.41. The van der Waals surface area contributed by atoms with Crippen LogP contribution in [0, 0.1) is 0 Å². The number of rotatable bonds is 6. The van der Waals surface area contributed by atoms with E-state index in [-0.39, 0.29) is 6.10 Å². The summed E-state index contributed by atoms with van der Waals surface area (Å²) in [6, 6.07) is 5.41. The van der Waals surface area contributed by atoms with Crippen LogP contribution in [0.3, 0.4) is 0 Å². The fourth-order valence-electron chi connectivity index (χ4n) is 2.41. The topological polar surface area (TPSA) is 18.5 Å². The van der Waals surface area contributed by atoms with Crippen LogP contribution in [0.1, 0.15) is 38.2 Å². The Morgan fingerprint density at radius 3 is 2.80 bits per heavy atom. The maximum Gasteiger partial charge on any atom is 0.206 e. The predicted octanol–water partition coefficient (Wildman–Crippen LogP) is 5.54. The van der Waals surface area contributed by atoms with Crippen molar-refractivity contribution in [2.75, 3.05) is 11.9 Å². The van der Waals surface area contributed by atoms with Crippen molar-refractivity contribution in [2.45, 2.75) is 44.5 Å². The zero-order valence-electron chi connectivity index (χ0n) is 11.5. The molecule has 0 aliphatic carbocycles. The molecule has 0 N–H and O–H groups in total. The first-order chi connectivity index (χ1) is 9.61. The van der Waals surface area contributed by atoms with Crippen molar-refractivity contribution in [2.24, 2.45) is 0 Å². The van der Waals surface area contributed by atoms with Crippen LogP contribution in [0.4, 0.5) is 0 Å². The lowest BCUT2D eigenvalue weighted by molar-refractivity contribution is -0.157. The minimum Gasteiger partial charge on any atom is -0.342 e. The van der Waals surface area contributed by atoms with E-state index in [1.165, 1.54) is 12.8 Å². The average Bonchev–Trinajstić information content (AvgIpc) is 2.84. The van der Waals surface area contributed by atoms with Crippen molar-refractivity contribution >= 4 is 39.1 Å². The molecule has 0 amide bonds. The molecular formula is C15H19BrCl2O2. The molecule has 1 fully saturated rings. The Kier molecular flexibility index (Phi) is 6.18. The molecule has 2 atom stereocenters. The van der Waals surface area contributed by atoms with Crippen LogP contribution in [-0.2, 0) is 15.3 Å². The second-order valence-corrected chi connectivity index (χ2v) is 6.46. The van der Waals surface area contributed by atoms with Crippen molar-refractivity contribution in [3.05, 3.63) is 33.8 Å². The third-order valence-corrected chi connectivity index (χ3v) is 4.79. The Morgan fingerprint density at radius 1 is 1.35 bits per heavy atom. The zero-order chi connectivity index (χ0) is 14.6. The van der Waals surface area contributed by atoms with Gasteiger partial charge in [0.25, 0.3) is 0 Å². The summed E-state index contributed by atoms with van der Waals surface area (Å²) in [5.41, 5.74) is 0.832. The normalized spacial score (nSPS) is 26.1. The summed E-state index contributed by atoms with van der Waals surface area (Å²) >= 11 is 15.7. The lowest BCUT2D eigenvalue weighted by atomic mass is 10.1. The largest absolute Gasteiger partial charge is 0.342 e. The Hall–Kier alpha value is 0.200. The molecule has 2 unspecified atom stereocenters. The first-order valence-corrected chi connectivity index (χ1v) is 8.82. The molecule has 1 aliphatic rings. The lowest BCUT2D eigenvalue weighted by Gasteiger charge is -2.27. The Bertz CT molecular complexity index is 455. The summed E-state index contributed by atoms with van der Waals surface area (Å²) in [4.78, 5) is 0. The number of benzene rings is 1. The molecule has 2 rings (SSSR count). The lowest BCUT2D eigenvalue weighted by Crippen LogP contribution is -2.30. The van der Waals surface area contributed by atoms with Crippen LogP contribution in [0.5, 0.6) is 0 Å². The van der Waals surface area contributed by atoms with Gasteiger partial charge in [-0.15, -0.1) is 0 Å². The van der Waals surface area contributed by atoms with Gasteiger partial charge in [0.05, 0.1) is 23.1 Å². The van der Waals surface area contributed by atoms with E-state index in [1.807, 2.05) is 12.1 Å². The van der Waals surface area contributed by atoms with Crippen LogP contribution < -0.4 is 0 Å². The summed E-state index contributed by atoms with van der Waals surface area (Å²) in [6.07, 6.45) is 4.75. The van der Waals surface area contributed by atoms with Gasteiger partial charge in [0, 0.05) is 10.6 Å². The SMILES string of the molecule is CCCCCC1COC(CBr)(c2ccc(Cl)cc2Cl)O1. The third kappa shape index (κ3) is 3.69. The third-order valence-electron chi connectivity index (χ3n) is 3.51. The van der Waals surface area contributed by atoms with E-state index in [2.05, 4.69) is 22.9 Å². The van der Waals surface area contributed by atoms with Crippen LogP contribution >= 0.6 is 39.1 Å². The van der Waals surface area contributed by atoms with Crippen molar-refractivity contribution in [1.29, 1.82) is 0 Å². The molecule has 112 valence electrons. The smallest absolute Gasteiger partial charge is 0.206 e. The Morgan fingerprint density at radius 2 is 2.15 bits per heavy atom. The molecule has 1 saturated heterocycles. The standard InChI is InChI=1S/C15H19BrCl2O2/c1-2-3-4-5-12-9-19-15(10-16,20-12)13-7-6-11(17)8-14(13)18/h6-8,12H,2-5,9-10H2,1H3. The first kappa shape index (κ1) is 16.6. The van der Waals surface area contributed by atoms with Crippen molar-refractivity contribution < 1.29 is 9.47 Å². The van der Waals surface area contributed by atoms with E-state index in [0.717, 1.165) is 18.4 Å². The van der Waals surface area contributed by atoms with E-state index in [4.69, 9.17) is 32.7 Å². The second kappa shape index (κ2) is 7.46. The molecule has 0 aromatic heterocycles. The van der Waals surface area contributed by atoms with Crippen LogP contribution in [0.15, 0.2) is 18.2 Å². The van der Waals surface area contributed by atoms with E-state index >= 15 is 0 Å². The fraction of sp³-hybridized carbons (Fsp3) is 0.600. The summed E-state index contributed by atoms with van der Waals surface area (Å²) in [6.45, 7) is 2.80. The van der Waals surface area contributed by atoms with Crippen molar-refractivity contribution in [1.82, 2.24) is 0 Å². The van der Waals surface area contributed by atoms with Crippen LogP contribution in [0.2, 0.25) is 10.0 Å². The van der Waals surface area contributed by atoms with Crippen LogP contribution in [-0.4, -0.2) is 18.0 Å². The molecule has 2 nitrogen and oxygen atoms in total. The maximum atomic E-state index is 6.29. The molecule has 0 radical (unpaired) electrons. The summed E-state index contributed by atoms with van der Waals surface area (Å²) in [5.74, 6) is -0.793. The molecule has 1 aromatic carbocycles. The number of alkyl halides is 1. The van der Waals surface area contributed by atoms with Gasteiger partial charge in [-0.25, -0.2) is 0 Å². The molecular weight excluding hydrogens is 363 g/mol. The van der Waals surface area contributed by atoms with Gasteiger partial charge in [-0.2, -0.15) is 0 Å².